The smallest absolute Gasteiger partial charge is 0.129 e. The lowest BCUT2D eigenvalue weighted by Gasteiger charge is -2.05. The molecule has 8 heavy (non-hydrogen) atoms. The quantitative estimate of drug-likeness (QED) is 0.389. The van der Waals surface area contributed by atoms with Gasteiger partial charge >= 0.3 is 0 Å². The molecule has 0 heterocycles. The van der Waals surface area contributed by atoms with Gasteiger partial charge < -0.3 is 4.79 Å². The van der Waals surface area contributed by atoms with Crippen molar-refractivity contribution in [3.8, 4) is 0 Å². The highest BCUT2D eigenvalue weighted by atomic mass is 16.1. The maximum Gasteiger partial charge on any atom is 0.129 e. The molecule has 0 aliphatic heterocycles. The summed E-state index contributed by atoms with van der Waals surface area (Å²) in [6.07, 6.45) is 2.51. The summed E-state index contributed by atoms with van der Waals surface area (Å²) in [4.78, 5) is 10.1. The minimum absolute atomic E-state index is 0.387. The van der Waals surface area contributed by atoms with E-state index >= 15 is 0 Å². The van der Waals surface area contributed by atoms with Gasteiger partial charge in [0, 0.05) is 5.41 Å². The van der Waals surface area contributed by atoms with E-state index in [4.69, 9.17) is 0 Å². The molecular weight excluding hydrogens is 100 g/mol. The maximum absolute atomic E-state index is 10.1. The Balaban J connectivity index is 4.11. The lowest BCUT2D eigenvalue weighted by Crippen LogP contribution is -2.07. The molecule has 0 unspecified atom stereocenters. The number of aldehydes is 1. The molecular formula is C7H10O. The molecule has 0 fully saturated rings. The van der Waals surface area contributed by atoms with Crippen LogP contribution in [-0.4, -0.2) is 6.29 Å². The molecule has 0 atom stereocenters. The number of hydrogen-bond donors (Lipinski definition) is 0. The second kappa shape index (κ2) is 2.49. The van der Waals surface area contributed by atoms with Crippen LogP contribution < -0.4 is 0 Å². The van der Waals surface area contributed by atoms with Crippen LogP contribution in [0.2, 0.25) is 0 Å². The summed E-state index contributed by atoms with van der Waals surface area (Å²) in [5, 5.41) is 0. The van der Waals surface area contributed by atoms with Crippen molar-refractivity contribution in [2.45, 2.75) is 13.8 Å². The van der Waals surface area contributed by atoms with E-state index in [0.717, 1.165) is 6.29 Å². The zero-order chi connectivity index (χ0) is 6.62. The minimum atomic E-state index is -0.387. The Bertz CT molecular complexity index is 127. The SMILES string of the molecule is C=C=CC(C)(C)C=O. The topological polar surface area (TPSA) is 17.1 Å². The first-order chi connectivity index (χ1) is 3.62. The molecule has 1 nitrogen and oxygen atoms in total. The van der Waals surface area contributed by atoms with Gasteiger partial charge in [-0.2, -0.15) is 0 Å². The van der Waals surface area contributed by atoms with Crippen molar-refractivity contribution in [2.24, 2.45) is 5.41 Å². The van der Waals surface area contributed by atoms with Gasteiger partial charge in [-0.15, -0.1) is 5.73 Å². The van der Waals surface area contributed by atoms with Crippen LogP contribution in [0.15, 0.2) is 18.4 Å². The highest BCUT2D eigenvalue weighted by Gasteiger charge is 2.09. The zero-order valence-corrected chi connectivity index (χ0v) is 5.27. The van der Waals surface area contributed by atoms with Crippen molar-refractivity contribution in [1.29, 1.82) is 0 Å². The highest BCUT2D eigenvalue weighted by molar-refractivity contribution is 5.60. The number of carbonyl (C=O) groups excluding carboxylic acids is 1. The lowest BCUT2D eigenvalue weighted by molar-refractivity contribution is -0.112. The average Bonchev–Trinajstić information content (AvgIpc) is 1.67. The normalized spacial score (nSPS) is 9.75. The molecule has 1 heteroatoms. The van der Waals surface area contributed by atoms with Crippen molar-refractivity contribution in [2.75, 3.05) is 0 Å². The second-order valence-electron chi connectivity index (χ2n) is 2.29. The maximum atomic E-state index is 10.1. The molecule has 0 aromatic rings. The minimum Gasteiger partial charge on any atom is -0.302 e. The molecule has 0 radical (unpaired) electrons. The highest BCUT2D eigenvalue weighted by Crippen LogP contribution is 2.10. The predicted octanol–water partition coefficient (Wildman–Crippen LogP) is 1.55. The third-order valence-corrected chi connectivity index (χ3v) is 0.778. The Morgan fingerprint density at radius 2 is 2.12 bits per heavy atom. The average molecular weight is 110 g/mol. The Kier molecular flexibility index (Phi) is 2.23. The van der Waals surface area contributed by atoms with Gasteiger partial charge in [0.2, 0.25) is 0 Å². The van der Waals surface area contributed by atoms with E-state index < -0.39 is 0 Å². The molecule has 0 amide bonds. The van der Waals surface area contributed by atoms with Gasteiger partial charge in [-0.05, 0) is 19.9 Å². The summed E-state index contributed by atoms with van der Waals surface area (Å²) in [5.41, 5.74) is 2.17. The molecule has 0 aliphatic rings. The molecule has 44 valence electrons. The van der Waals surface area contributed by atoms with Crippen LogP contribution in [0.3, 0.4) is 0 Å². The predicted molar refractivity (Wildman–Crippen MR) is 33.6 cm³/mol. The summed E-state index contributed by atoms with van der Waals surface area (Å²) >= 11 is 0. The molecule has 0 saturated carbocycles. The van der Waals surface area contributed by atoms with Gasteiger partial charge in [0.25, 0.3) is 0 Å². The Morgan fingerprint density at radius 3 is 2.25 bits per heavy atom. The summed E-state index contributed by atoms with van der Waals surface area (Å²) in [6, 6.07) is 0. The summed E-state index contributed by atoms with van der Waals surface area (Å²) in [5.74, 6) is 0. The van der Waals surface area contributed by atoms with Crippen molar-refractivity contribution in [3.63, 3.8) is 0 Å². The second-order valence-corrected chi connectivity index (χ2v) is 2.29. The van der Waals surface area contributed by atoms with Crippen molar-refractivity contribution in [3.05, 3.63) is 18.4 Å². The molecule has 0 aromatic carbocycles. The van der Waals surface area contributed by atoms with Crippen molar-refractivity contribution >= 4 is 6.29 Å². The van der Waals surface area contributed by atoms with Gasteiger partial charge in [-0.1, -0.05) is 6.58 Å². The van der Waals surface area contributed by atoms with E-state index in [2.05, 4.69) is 12.3 Å². The third kappa shape index (κ3) is 2.38. The number of rotatable bonds is 2. The first-order valence-corrected chi connectivity index (χ1v) is 2.46. The van der Waals surface area contributed by atoms with E-state index in [1.165, 1.54) is 0 Å². The van der Waals surface area contributed by atoms with E-state index in [9.17, 15) is 4.79 Å². The number of hydrogen-bond acceptors (Lipinski definition) is 1. The van der Waals surface area contributed by atoms with Gasteiger partial charge in [-0.3, -0.25) is 0 Å². The standard InChI is InChI=1S/C7H10O/c1-4-5-7(2,3)6-8/h5-6H,1H2,2-3H3. The molecule has 0 aromatic heterocycles. The van der Waals surface area contributed by atoms with Crippen LogP contribution in [-0.2, 0) is 4.79 Å². The van der Waals surface area contributed by atoms with E-state index in [-0.39, 0.29) is 5.41 Å². The monoisotopic (exact) mass is 110 g/mol. The summed E-state index contributed by atoms with van der Waals surface area (Å²) < 4.78 is 0. The molecule has 0 rings (SSSR count). The fourth-order valence-electron chi connectivity index (χ4n) is 0.297. The van der Waals surface area contributed by atoms with Crippen LogP contribution in [0.4, 0.5) is 0 Å². The van der Waals surface area contributed by atoms with Gasteiger partial charge in [-0.25, -0.2) is 0 Å². The fraction of sp³-hybridized carbons (Fsp3) is 0.429. The Labute approximate surface area is 49.7 Å². The first kappa shape index (κ1) is 7.19. The van der Waals surface area contributed by atoms with Crippen LogP contribution in [0.5, 0.6) is 0 Å². The van der Waals surface area contributed by atoms with Gasteiger partial charge in [0.15, 0.2) is 0 Å². The van der Waals surface area contributed by atoms with Crippen molar-refractivity contribution in [1.82, 2.24) is 0 Å². The lowest BCUT2D eigenvalue weighted by atomic mass is 9.96. The van der Waals surface area contributed by atoms with Crippen LogP contribution >= 0.6 is 0 Å². The summed E-state index contributed by atoms with van der Waals surface area (Å²) in [7, 11) is 0. The van der Waals surface area contributed by atoms with Crippen LogP contribution in [0.1, 0.15) is 13.8 Å². The van der Waals surface area contributed by atoms with Crippen LogP contribution in [0, 0.1) is 5.41 Å². The Hall–Kier alpha value is -0.810. The van der Waals surface area contributed by atoms with Crippen LogP contribution in [0.25, 0.3) is 0 Å². The molecule has 0 saturated heterocycles. The van der Waals surface area contributed by atoms with Gasteiger partial charge in [0.05, 0.1) is 0 Å². The van der Waals surface area contributed by atoms with Crippen molar-refractivity contribution < 1.29 is 4.79 Å². The zero-order valence-electron chi connectivity index (χ0n) is 5.27. The Morgan fingerprint density at radius 1 is 1.62 bits per heavy atom. The van der Waals surface area contributed by atoms with Gasteiger partial charge in [0.1, 0.15) is 6.29 Å². The number of carbonyl (C=O) groups is 1. The summed E-state index contributed by atoms with van der Waals surface area (Å²) in [6.45, 7) is 6.96. The molecule has 0 spiro atoms. The molecule has 0 aliphatic carbocycles. The van der Waals surface area contributed by atoms with E-state index in [1.54, 1.807) is 19.9 Å². The number of allylic oxidation sites excluding steroid dienone is 1. The molecule has 0 N–H and O–H groups in total. The largest absolute Gasteiger partial charge is 0.302 e. The van der Waals surface area contributed by atoms with E-state index in [0.29, 0.717) is 0 Å². The molecule has 0 bridgehead atoms. The third-order valence-electron chi connectivity index (χ3n) is 0.778. The van der Waals surface area contributed by atoms with E-state index in [1.807, 2.05) is 0 Å². The first-order valence-electron chi connectivity index (χ1n) is 2.46. The fourth-order valence-corrected chi connectivity index (χ4v) is 0.297.